The molecule has 1 amide bonds. The first-order chi connectivity index (χ1) is 14.1. The van der Waals surface area contributed by atoms with Gasteiger partial charge in [-0.3, -0.25) is 9.10 Å². The lowest BCUT2D eigenvalue weighted by atomic mass is 10.1. The number of sulfonamides is 1. The molecule has 0 fully saturated rings. The van der Waals surface area contributed by atoms with Gasteiger partial charge in [-0.15, -0.1) is 0 Å². The second-order valence-corrected chi connectivity index (χ2v) is 9.67. The zero-order chi connectivity index (χ0) is 22.1. The van der Waals surface area contributed by atoms with E-state index >= 15 is 0 Å². The first-order valence-electron chi connectivity index (χ1n) is 9.22. The van der Waals surface area contributed by atoms with Crippen LogP contribution in [-0.2, 0) is 14.8 Å². The van der Waals surface area contributed by atoms with E-state index < -0.39 is 28.0 Å². The van der Waals surface area contributed by atoms with Crippen molar-refractivity contribution in [1.29, 1.82) is 0 Å². The largest absolute Gasteiger partial charge is 0.486 e. The summed E-state index contributed by atoms with van der Waals surface area (Å²) in [6, 6.07) is 8.39. The van der Waals surface area contributed by atoms with Gasteiger partial charge in [-0.05, 0) is 49.7 Å². The van der Waals surface area contributed by atoms with Crippen LogP contribution in [-0.4, -0.2) is 39.8 Å². The highest BCUT2D eigenvalue weighted by Gasteiger charge is 2.31. The molecule has 1 heterocycles. The Kier molecular flexibility index (Phi) is 6.69. The quantitative estimate of drug-likeness (QED) is 0.690. The van der Waals surface area contributed by atoms with Gasteiger partial charge >= 0.3 is 0 Å². The SMILES string of the molecule is CC(NC(=O)C(C)N(c1cc(Cl)ccc1Cl)S(C)(=O)=O)c1ccc2c(c1)OCCO2. The minimum absolute atomic E-state index is 0.140. The highest BCUT2D eigenvalue weighted by Crippen LogP contribution is 2.34. The molecule has 0 saturated carbocycles. The number of halogens is 2. The molecule has 30 heavy (non-hydrogen) atoms. The lowest BCUT2D eigenvalue weighted by Gasteiger charge is -2.30. The summed E-state index contributed by atoms with van der Waals surface area (Å²) in [5.41, 5.74) is 0.938. The van der Waals surface area contributed by atoms with Crippen molar-refractivity contribution in [2.45, 2.75) is 25.9 Å². The van der Waals surface area contributed by atoms with Crippen molar-refractivity contribution in [3.05, 3.63) is 52.0 Å². The van der Waals surface area contributed by atoms with Crippen LogP contribution >= 0.6 is 23.2 Å². The number of carbonyl (C=O) groups excluding carboxylic acids is 1. The molecular weight excluding hydrogens is 451 g/mol. The summed E-state index contributed by atoms with van der Waals surface area (Å²) in [6.07, 6.45) is 1.01. The van der Waals surface area contributed by atoms with Gasteiger partial charge in [0.05, 0.1) is 23.0 Å². The van der Waals surface area contributed by atoms with Crippen molar-refractivity contribution in [1.82, 2.24) is 5.32 Å². The number of fused-ring (bicyclic) bond motifs is 1. The van der Waals surface area contributed by atoms with Gasteiger partial charge in [-0.1, -0.05) is 29.3 Å². The topological polar surface area (TPSA) is 84.9 Å². The summed E-state index contributed by atoms with van der Waals surface area (Å²) < 4.78 is 37.0. The third-order valence-electron chi connectivity index (χ3n) is 4.66. The lowest BCUT2D eigenvalue weighted by molar-refractivity contribution is -0.122. The van der Waals surface area contributed by atoms with E-state index in [1.165, 1.54) is 19.1 Å². The molecule has 1 N–H and O–H groups in total. The summed E-state index contributed by atoms with van der Waals surface area (Å²) in [6.45, 7) is 4.23. The van der Waals surface area contributed by atoms with Gasteiger partial charge in [0.15, 0.2) is 11.5 Å². The molecule has 0 spiro atoms. The fraction of sp³-hybridized carbons (Fsp3) is 0.350. The molecule has 7 nitrogen and oxygen atoms in total. The lowest BCUT2D eigenvalue weighted by Crippen LogP contribution is -2.48. The van der Waals surface area contributed by atoms with Crippen LogP contribution in [0.15, 0.2) is 36.4 Å². The van der Waals surface area contributed by atoms with E-state index in [1.807, 2.05) is 6.07 Å². The van der Waals surface area contributed by atoms with Crippen molar-refractivity contribution in [3.8, 4) is 11.5 Å². The van der Waals surface area contributed by atoms with Gasteiger partial charge < -0.3 is 14.8 Å². The molecule has 0 aliphatic carbocycles. The minimum atomic E-state index is -3.82. The Labute approximate surface area is 185 Å². The van der Waals surface area contributed by atoms with Gasteiger partial charge in [0.1, 0.15) is 19.3 Å². The standard InChI is InChI=1S/C20H22Cl2N2O5S/c1-12(14-4-7-18-19(10-14)29-9-8-28-18)23-20(25)13(2)24(30(3,26)27)17-11-15(21)5-6-16(17)22/h4-7,10-13H,8-9H2,1-3H3,(H,23,25). The van der Waals surface area contributed by atoms with E-state index in [1.54, 1.807) is 25.1 Å². The van der Waals surface area contributed by atoms with Crippen molar-refractivity contribution >= 4 is 44.8 Å². The summed E-state index contributed by atoms with van der Waals surface area (Å²) in [5.74, 6) is 0.769. The van der Waals surface area contributed by atoms with Gasteiger partial charge in [0.2, 0.25) is 15.9 Å². The molecular formula is C20H22Cl2N2O5S. The molecule has 2 aromatic carbocycles. The molecule has 3 rings (SSSR count). The third-order valence-corrected chi connectivity index (χ3v) is 6.44. The number of rotatable bonds is 6. The predicted molar refractivity (Wildman–Crippen MR) is 117 cm³/mol. The summed E-state index contributed by atoms with van der Waals surface area (Å²) in [4.78, 5) is 12.9. The Morgan fingerprint density at radius 2 is 1.73 bits per heavy atom. The monoisotopic (exact) mass is 472 g/mol. The smallest absolute Gasteiger partial charge is 0.244 e. The predicted octanol–water partition coefficient (Wildman–Crippen LogP) is 3.80. The summed E-state index contributed by atoms with van der Waals surface area (Å²) in [5, 5.41) is 3.32. The van der Waals surface area contributed by atoms with Crippen LogP contribution in [0, 0.1) is 0 Å². The Morgan fingerprint density at radius 1 is 1.07 bits per heavy atom. The molecule has 0 aromatic heterocycles. The zero-order valence-corrected chi connectivity index (χ0v) is 19.0. The molecule has 2 aromatic rings. The van der Waals surface area contributed by atoms with Crippen LogP contribution in [0.3, 0.4) is 0 Å². The van der Waals surface area contributed by atoms with Crippen LogP contribution in [0.4, 0.5) is 5.69 Å². The van der Waals surface area contributed by atoms with E-state index in [9.17, 15) is 13.2 Å². The van der Waals surface area contributed by atoms with Crippen LogP contribution in [0.2, 0.25) is 10.0 Å². The molecule has 10 heteroatoms. The molecule has 162 valence electrons. The van der Waals surface area contributed by atoms with E-state index in [0.717, 1.165) is 16.1 Å². The Bertz CT molecular complexity index is 1060. The summed E-state index contributed by atoms with van der Waals surface area (Å²) in [7, 11) is -3.82. The van der Waals surface area contributed by atoms with Crippen molar-refractivity contribution in [2.24, 2.45) is 0 Å². The normalized spacial score (nSPS) is 15.2. The van der Waals surface area contributed by atoms with Crippen molar-refractivity contribution in [2.75, 3.05) is 23.8 Å². The average molecular weight is 473 g/mol. The highest BCUT2D eigenvalue weighted by molar-refractivity contribution is 7.92. The number of hydrogen-bond acceptors (Lipinski definition) is 5. The molecule has 1 aliphatic heterocycles. The maximum Gasteiger partial charge on any atom is 0.244 e. The Morgan fingerprint density at radius 3 is 2.40 bits per heavy atom. The first-order valence-corrected chi connectivity index (χ1v) is 11.8. The van der Waals surface area contributed by atoms with Crippen molar-refractivity contribution in [3.63, 3.8) is 0 Å². The second-order valence-electron chi connectivity index (χ2n) is 6.96. The minimum Gasteiger partial charge on any atom is -0.486 e. The van der Waals surface area contributed by atoms with Crippen molar-refractivity contribution < 1.29 is 22.7 Å². The third kappa shape index (κ3) is 4.94. The van der Waals surface area contributed by atoms with Gasteiger partial charge in [-0.2, -0.15) is 0 Å². The molecule has 2 unspecified atom stereocenters. The van der Waals surface area contributed by atoms with Gasteiger partial charge in [0, 0.05) is 5.02 Å². The van der Waals surface area contributed by atoms with Gasteiger partial charge in [-0.25, -0.2) is 8.42 Å². The zero-order valence-electron chi connectivity index (χ0n) is 16.7. The number of amides is 1. The van der Waals surface area contributed by atoms with Crippen LogP contribution in [0.1, 0.15) is 25.5 Å². The summed E-state index contributed by atoms with van der Waals surface area (Å²) >= 11 is 12.2. The maximum absolute atomic E-state index is 12.9. The average Bonchev–Trinajstić information content (AvgIpc) is 2.69. The maximum atomic E-state index is 12.9. The van der Waals surface area contributed by atoms with Crippen LogP contribution in [0.5, 0.6) is 11.5 Å². The molecule has 1 aliphatic rings. The molecule has 2 atom stereocenters. The number of hydrogen-bond donors (Lipinski definition) is 1. The number of carbonyl (C=O) groups is 1. The van der Waals surface area contributed by atoms with E-state index in [4.69, 9.17) is 32.7 Å². The Hall–Kier alpha value is -2.16. The van der Waals surface area contributed by atoms with E-state index in [-0.39, 0.29) is 10.7 Å². The first kappa shape index (κ1) is 22.5. The number of benzene rings is 2. The van der Waals surface area contributed by atoms with E-state index in [0.29, 0.717) is 29.7 Å². The van der Waals surface area contributed by atoms with Gasteiger partial charge in [0.25, 0.3) is 0 Å². The number of ether oxygens (including phenoxy) is 2. The molecule has 0 saturated heterocycles. The molecule has 0 radical (unpaired) electrons. The fourth-order valence-electron chi connectivity index (χ4n) is 3.18. The van der Waals surface area contributed by atoms with Crippen LogP contribution < -0.4 is 19.1 Å². The fourth-order valence-corrected chi connectivity index (χ4v) is 4.79. The highest BCUT2D eigenvalue weighted by atomic mass is 35.5. The number of nitrogens with one attached hydrogen (secondary N) is 1. The van der Waals surface area contributed by atoms with Crippen LogP contribution in [0.25, 0.3) is 0 Å². The number of anilines is 1. The number of nitrogens with zero attached hydrogens (tertiary/aromatic N) is 1. The Balaban J connectivity index is 1.83. The second kappa shape index (κ2) is 8.91. The molecule has 0 bridgehead atoms. The van der Waals surface area contributed by atoms with E-state index in [2.05, 4.69) is 5.32 Å².